The fourth-order valence-corrected chi connectivity index (χ4v) is 2.01. The summed E-state index contributed by atoms with van der Waals surface area (Å²) in [5.41, 5.74) is 0.571. The van der Waals surface area contributed by atoms with Crippen molar-refractivity contribution in [3.05, 3.63) is 23.8 Å². The van der Waals surface area contributed by atoms with E-state index in [2.05, 4.69) is 10.6 Å². The van der Waals surface area contributed by atoms with Gasteiger partial charge in [0, 0.05) is 29.8 Å². The van der Waals surface area contributed by atoms with Gasteiger partial charge in [-0.2, -0.15) is 0 Å². The Balaban J connectivity index is 2.87. The minimum absolute atomic E-state index is 0.0934. The van der Waals surface area contributed by atoms with E-state index in [-0.39, 0.29) is 17.4 Å². The van der Waals surface area contributed by atoms with Gasteiger partial charge in [0.1, 0.15) is 0 Å². The molecule has 0 fully saturated rings. The van der Waals surface area contributed by atoms with Crippen LogP contribution in [-0.2, 0) is 9.59 Å². The number of carbonyl (C=O) groups is 3. The summed E-state index contributed by atoms with van der Waals surface area (Å²) >= 11 is 0. The summed E-state index contributed by atoms with van der Waals surface area (Å²) in [7, 11) is 0. The number of aromatic carboxylic acids is 1. The molecule has 0 spiro atoms. The van der Waals surface area contributed by atoms with Gasteiger partial charge in [0.05, 0.1) is 5.97 Å². The summed E-state index contributed by atoms with van der Waals surface area (Å²) in [6, 6.07) is 4.18. The minimum Gasteiger partial charge on any atom is -0.545 e. The van der Waals surface area contributed by atoms with Gasteiger partial charge in [-0.25, -0.2) is 0 Å². The number of unbranched alkanes of at least 4 members (excludes halogenated alkanes) is 2. The van der Waals surface area contributed by atoms with E-state index in [1.807, 2.05) is 13.8 Å². The number of carboxylic acid groups (broad SMARTS) is 1. The first-order valence-corrected chi connectivity index (χ1v) is 7.92. The molecule has 0 saturated heterocycles. The van der Waals surface area contributed by atoms with Crippen LogP contribution in [0, 0.1) is 0 Å². The van der Waals surface area contributed by atoms with Crippen LogP contribution in [0.25, 0.3) is 0 Å². The predicted octanol–water partition coefficient (Wildman–Crippen LogP) is 2.31. The average molecular weight is 319 g/mol. The molecular weight excluding hydrogens is 296 g/mol. The molecule has 0 bridgehead atoms. The summed E-state index contributed by atoms with van der Waals surface area (Å²) in [6.07, 6.45) is 4.03. The SMILES string of the molecule is CCCCC(=O)Nc1cc(NC(=O)CCCC)cc(C(=O)[O-])c1. The summed E-state index contributed by atoms with van der Waals surface area (Å²) < 4.78 is 0. The van der Waals surface area contributed by atoms with Gasteiger partial charge in [0.25, 0.3) is 0 Å². The molecule has 0 heterocycles. The molecule has 23 heavy (non-hydrogen) atoms. The molecule has 0 aliphatic heterocycles. The van der Waals surface area contributed by atoms with Gasteiger partial charge in [-0.15, -0.1) is 0 Å². The van der Waals surface area contributed by atoms with E-state index >= 15 is 0 Å². The highest BCUT2D eigenvalue weighted by atomic mass is 16.4. The number of hydrogen-bond acceptors (Lipinski definition) is 4. The van der Waals surface area contributed by atoms with Crippen molar-refractivity contribution in [3.8, 4) is 0 Å². The highest BCUT2D eigenvalue weighted by molar-refractivity contribution is 5.97. The first-order chi connectivity index (χ1) is 11.0. The smallest absolute Gasteiger partial charge is 0.224 e. The van der Waals surface area contributed by atoms with E-state index < -0.39 is 5.97 Å². The lowest BCUT2D eigenvalue weighted by molar-refractivity contribution is -0.255. The van der Waals surface area contributed by atoms with Crippen molar-refractivity contribution in [3.63, 3.8) is 0 Å². The van der Waals surface area contributed by atoms with E-state index in [0.717, 1.165) is 25.7 Å². The Morgan fingerprint density at radius 3 is 1.65 bits per heavy atom. The molecule has 126 valence electrons. The number of anilines is 2. The van der Waals surface area contributed by atoms with Crippen LogP contribution in [0.1, 0.15) is 62.7 Å². The van der Waals surface area contributed by atoms with Crippen LogP contribution in [0.2, 0.25) is 0 Å². The lowest BCUT2D eigenvalue weighted by Gasteiger charge is -2.12. The molecule has 1 rings (SSSR count). The molecule has 2 N–H and O–H groups in total. The third kappa shape index (κ3) is 6.95. The standard InChI is InChI=1S/C17H24N2O4/c1-3-5-7-15(20)18-13-9-12(17(22)23)10-14(11-13)19-16(21)8-6-4-2/h9-11H,3-8H2,1-2H3,(H,18,20)(H,19,21)(H,22,23)/p-1. The Labute approximate surface area is 136 Å². The zero-order chi connectivity index (χ0) is 17.2. The van der Waals surface area contributed by atoms with Crippen LogP contribution in [0.15, 0.2) is 18.2 Å². The molecule has 0 atom stereocenters. The molecule has 1 aromatic rings. The van der Waals surface area contributed by atoms with Gasteiger partial charge < -0.3 is 20.5 Å². The number of benzene rings is 1. The fraction of sp³-hybridized carbons (Fsp3) is 0.471. The monoisotopic (exact) mass is 319 g/mol. The van der Waals surface area contributed by atoms with Crippen molar-refractivity contribution in [2.45, 2.75) is 52.4 Å². The number of rotatable bonds is 9. The number of amides is 2. The number of hydrogen-bond donors (Lipinski definition) is 2. The quantitative estimate of drug-likeness (QED) is 0.729. The molecule has 6 nitrogen and oxygen atoms in total. The Kier molecular flexibility index (Phi) is 7.80. The number of carboxylic acids is 1. The van der Waals surface area contributed by atoms with Crippen molar-refractivity contribution in [2.24, 2.45) is 0 Å². The summed E-state index contributed by atoms with van der Waals surface area (Å²) in [4.78, 5) is 34.6. The normalized spacial score (nSPS) is 10.2. The Hall–Kier alpha value is -2.37. The van der Waals surface area contributed by atoms with Crippen LogP contribution >= 0.6 is 0 Å². The minimum atomic E-state index is -1.36. The molecule has 0 aliphatic rings. The first kappa shape index (κ1) is 18.7. The molecular formula is C17H23N2O4-. The fourth-order valence-electron chi connectivity index (χ4n) is 2.01. The highest BCUT2D eigenvalue weighted by Crippen LogP contribution is 2.20. The maximum Gasteiger partial charge on any atom is 0.224 e. The molecule has 0 aliphatic carbocycles. The Bertz CT molecular complexity index is 529. The topological polar surface area (TPSA) is 98.3 Å². The van der Waals surface area contributed by atoms with Gasteiger partial charge in [-0.05, 0) is 31.0 Å². The van der Waals surface area contributed by atoms with E-state index in [1.54, 1.807) is 6.07 Å². The van der Waals surface area contributed by atoms with Crippen molar-refractivity contribution in [1.82, 2.24) is 0 Å². The Morgan fingerprint density at radius 1 is 0.870 bits per heavy atom. The lowest BCUT2D eigenvalue weighted by atomic mass is 10.1. The number of carbonyl (C=O) groups excluding carboxylic acids is 3. The lowest BCUT2D eigenvalue weighted by Crippen LogP contribution is -2.23. The Morgan fingerprint density at radius 2 is 1.30 bits per heavy atom. The van der Waals surface area contributed by atoms with E-state index in [1.165, 1.54) is 12.1 Å². The summed E-state index contributed by atoms with van der Waals surface area (Å²) in [5, 5.41) is 16.4. The molecule has 6 heteroatoms. The van der Waals surface area contributed by atoms with Crippen LogP contribution in [0.5, 0.6) is 0 Å². The van der Waals surface area contributed by atoms with Gasteiger partial charge in [0.2, 0.25) is 11.8 Å². The zero-order valence-corrected chi connectivity index (χ0v) is 13.6. The van der Waals surface area contributed by atoms with E-state index in [0.29, 0.717) is 24.2 Å². The molecule has 1 aromatic carbocycles. The van der Waals surface area contributed by atoms with E-state index in [9.17, 15) is 19.5 Å². The van der Waals surface area contributed by atoms with Crippen molar-refractivity contribution >= 4 is 29.2 Å². The number of nitrogens with one attached hydrogen (secondary N) is 2. The van der Waals surface area contributed by atoms with Crippen molar-refractivity contribution in [2.75, 3.05) is 10.6 Å². The summed E-state index contributed by atoms with van der Waals surface area (Å²) in [5.74, 6) is -1.74. The molecule has 0 saturated carbocycles. The molecule has 0 unspecified atom stereocenters. The van der Waals surface area contributed by atoms with Crippen LogP contribution in [-0.4, -0.2) is 17.8 Å². The van der Waals surface area contributed by atoms with Crippen molar-refractivity contribution in [1.29, 1.82) is 0 Å². The zero-order valence-electron chi connectivity index (χ0n) is 13.6. The highest BCUT2D eigenvalue weighted by Gasteiger charge is 2.08. The second-order valence-electron chi connectivity index (χ2n) is 5.39. The maximum absolute atomic E-state index is 11.8. The third-order valence-electron chi connectivity index (χ3n) is 3.25. The van der Waals surface area contributed by atoms with Gasteiger partial charge in [-0.3, -0.25) is 9.59 Å². The van der Waals surface area contributed by atoms with Gasteiger partial charge >= 0.3 is 0 Å². The van der Waals surface area contributed by atoms with Crippen LogP contribution < -0.4 is 15.7 Å². The second-order valence-corrected chi connectivity index (χ2v) is 5.39. The summed E-state index contributed by atoms with van der Waals surface area (Å²) in [6.45, 7) is 3.96. The average Bonchev–Trinajstić information content (AvgIpc) is 2.50. The predicted molar refractivity (Wildman–Crippen MR) is 87.1 cm³/mol. The van der Waals surface area contributed by atoms with E-state index in [4.69, 9.17) is 0 Å². The maximum atomic E-state index is 11.8. The first-order valence-electron chi connectivity index (χ1n) is 7.92. The molecule has 2 amide bonds. The van der Waals surface area contributed by atoms with Crippen LogP contribution in [0.3, 0.4) is 0 Å². The molecule has 0 radical (unpaired) electrons. The van der Waals surface area contributed by atoms with Gasteiger partial charge in [-0.1, -0.05) is 26.7 Å². The van der Waals surface area contributed by atoms with Crippen molar-refractivity contribution < 1.29 is 19.5 Å². The third-order valence-corrected chi connectivity index (χ3v) is 3.25. The van der Waals surface area contributed by atoms with Crippen LogP contribution in [0.4, 0.5) is 11.4 Å². The second kappa shape index (κ2) is 9.61. The molecule has 0 aromatic heterocycles. The van der Waals surface area contributed by atoms with Gasteiger partial charge in [0.15, 0.2) is 0 Å². The largest absolute Gasteiger partial charge is 0.545 e.